The molecule has 0 aliphatic heterocycles. The molecule has 0 radical (unpaired) electrons. The van der Waals surface area contributed by atoms with Crippen molar-refractivity contribution < 1.29 is 33.9 Å². The fourth-order valence-corrected chi connectivity index (χ4v) is 2.92. The Bertz CT molecular complexity index is 901. The normalized spacial score (nSPS) is 10.2. The smallest absolute Gasteiger partial charge is 0.414 e. The lowest BCUT2D eigenvalue weighted by atomic mass is 10.2. The average molecular weight is 453 g/mol. The average Bonchev–Trinajstić information content (AvgIpc) is 3.14. The van der Waals surface area contributed by atoms with E-state index in [1.807, 2.05) is 31.1 Å². The van der Waals surface area contributed by atoms with Gasteiger partial charge in [-0.3, -0.25) is 14.9 Å². The zero-order chi connectivity index (χ0) is 23.4. The lowest BCUT2D eigenvalue weighted by molar-refractivity contribution is -0.384. The standard InChI is InChI=1S/C17H21N3O4S.C2H2O4/c1-19(2)11-15-6-7-16(24-15)12-25-9-8-18-17(21)13-4-3-5-14(10-13)20(22)23;3-1(4)2(5)6/h3-7,10H,8-9,11-12H2,1-2H3,(H,18,21);(H,3,4)(H,5,6). The number of furan rings is 1. The van der Waals surface area contributed by atoms with Gasteiger partial charge >= 0.3 is 11.9 Å². The molecule has 0 atom stereocenters. The summed E-state index contributed by atoms with van der Waals surface area (Å²) in [5.74, 6) is -0.656. The van der Waals surface area contributed by atoms with Crippen LogP contribution in [-0.2, 0) is 21.9 Å². The second kappa shape index (κ2) is 13.0. The van der Waals surface area contributed by atoms with E-state index < -0.39 is 16.9 Å². The molecule has 0 spiro atoms. The van der Waals surface area contributed by atoms with E-state index in [1.165, 1.54) is 18.2 Å². The SMILES string of the molecule is CN(C)Cc1ccc(CSCCNC(=O)c2cccc([N+](=O)[O-])c2)o1.O=C(O)C(=O)O. The topological polar surface area (TPSA) is 163 Å². The molecule has 31 heavy (non-hydrogen) atoms. The van der Waals surface area contributed by atoms with Crippen LogP contribution >= 0.6 is 11.8 Å². The molecular weight excluding hydrogens is 430 g/mol. The number of benzene rings is 1. The molecular formula is C19H23N3O8S. The van der Waals surface area contributed by atoms with Crippen LogP contribution in [0, 0.1) is 10.1 Å². The Morgan fingerprint density at radius 3 is 2.35 bits per heavy atom. The number of hydrogen-bond acceptors (Lipinski definition) is 8. The summed E-state index contributed by atoms with van der Waals surface area (Å²) >= 11 is 1.65. The molecule has 12 heteroatoms. The predicted molar refractivity (Wildman–Crippen MR) is 113 cm³/mol. The summed E-state index contributed by atoms with van der Waals surface area (Å²) in [6.45, 7) is 1.25. The van der Waals surface area contributed by atoms with E-state index in [1.54, 1.807) is 17.8 Å². The number of hydrogen-bond donors (Lipinski definition) is 3. The lowest BCUT2D eigenvalue weighted by Crippen LogP contribution is -2.25. The number of nitrogens with zero attached hydrogens (tertiary/aromatic N) is 2. The molecule has 1 aromatic heterocycles. The van der Waals surface area contributed by atoms with Crippen LogP contribution in [0.5, 0.6) is 0 Å². The highest BCUT2D eigenvalue weighted by Gasteiger charge is 2.11. The second-order valence-corrected chi connectivity index (χ2v) is 7.44. The maximum absolute atomic E-state index is 12.0. The highest BCUT2D eigenvalue weighted by molar-refractivity contribution is 7.98. The van der Waals surface area contributed by atoms with Crippen molar-refractivity contribution in [3.63, 3.8) is 0 Å². The number of carboxylic acid groups (broad SMARTS) is 2. The van der Waals surface area contributed by atoms with Gasteiger partial charge in [-0.1, -0.05) is 6.07 Å². The Morgan fingerprint density at radius 2 is 1.77 bits per heavy atom. The zero-order valence-corrected chi connectivity index (χ0v) is 17.8. The van der Waals surface area contributed by atoms with Crippen molar-refractivity contribution in [2.45, 2.75) is 12.3 Å². The van der Waals surface area contributed by atoms with Crippen LogP contribution in [0.1, 0.15) is 21.9 Å². The van der Waals surface area contributed by atoms with Crippen molar-refractivity contribution in [3.05, 3.63) is 63.6 Å². The molecule has 3 N–H and O–H groups in total. The van der Waals surface area contributed by atoms with E-state index in [0.717, 1.165) is 29.6 Å². The summed E-state index contributed by atoms with van der Waals surface area (Å²) in [5, 5.41) is 28.3. The summed E-state index contributed by atoms with van der Waals surface area (Å²) in [4.78, 5) is 42.4. The number of rotatable bonds is 9. The molecule has 0 fully saturated rings. The van der Waals surface area contributed by atoms with Gasteiger partial charge in [0, 0.05) is 30.0 Å². The van der Waals surface area contributed by atoms with Gasteiger partial charge < -0.3 is 24.8 Å². The van der Waals surface area contributed by atoms with Crippen LogP contribution in [0.25, 0.3) is 0 Å². The molecule has 0 aliphatic carbocycles. The van der Waals surface area contributed by atoms with Crippen LogP contribution in [0.15, 0.2) is 40.8 Å². The number of non-ortho nitro benzene ring substituents is 1. The molecule has 0 saturated carbocycles. The number of carbonyl (C=O) groups is 3. The summed E-state index contributed by atoms with van der Waals surface area (Å²) in [5.41, 5.74) is 0.201. The number of aliphatic carboxylic acids is 2. The third-order valence-electron chi connectivity index (χ3n) is 3.47. The summed E-state index contributed by atoms with van der Waals surface area (Å²) in [7, 11) is 3.97. The van der Waals surface area contributed by atoms with E-state index in [2.05, 4.69) is 5.32 Å². The van der Waals surface area contributed by atoms with E-state index in [0.29, 0.717) is 12.1 Å². The zero-order valence-electron chi connectivity index (χ0n) is 16.9. The van der Waals surface area contributed by atoms with E-state index in [4.69, 9.17) is 24.2 Å². The van der Waals surface area contributed by atoms with Gasteiger partial charge in [0.2, 0.25) is 0 Å². The number of carboxylic acids is 2. The molecule has 2 rings (SSSR count). The van der Waals surface area contributed by atoms with E-state index in [-0.39, 0.29) is 11.6 Å². The third kappa shape index (κ3) is 10.3. The van der Waals surface area contributed by atoms with Crippen molar-refractivity contribution in [1.29, 1.82) is 0 Å². The molecule has 1 amide bonds. The van der Waals surface area contributed by atoms with Crippen LogP contribution in [0.3, 0.4) is 0 Å². The minimum atomic E-state index is -1.82. The van der Waals surface area contributed by atoms with Crippen LogP contribution in [0.2, 0.25) is 0 Å². The molecule has 2 aromatic rings. The van der Waals surface area contributed by atoms with Gasteiger partial charge in [-0.05, 0) is 32.3 Å². The van der Waals surface area contributed by atoms with Crippen LogP contribution in [0.4, 0.5) is 5.69 Å². The number of nitro benzene ring substituents is 1. The first kappa shape index (κ1) is 25.7. The van der Waals surface area contributed by atoms with Gasteiger partial charge in [0.05, 0.1) is 17.2 Å². The Morgan fingerprint density at radius 1 is 1.13 bits per heavy atom. The van der Waals surface area contributed by atoms with Gasteiger partial charge in [-0.15, -0.1) is 0 Å². The largest absolute Gasteiger partial charge is 0.473 e. The predicted octanol–water partition coefficient (Wildman–Crippen LogP) is 2.07. The molecule has 0 unspecified atom stereocenters. The molecule has 11 nitrogen and oxygen atoms in total. The molecule has 0 aliphatic rings. The lowest BCUT2D eigenvalue weighted by Gasteiger charge is -2.06. The van der Waals surface area contributed by atoms with Gasteiger partial charge in [-0.2, -0.15) is 11.8 Å². The maximum atomic E-state index is 12.0. The van der Waals surface area contributed by atoms with Gasteiger partial charge in [0.25, 0.3) is 11.6 Å². The Balaban J connectivity index is 0.000000703. The van der Waals surface area contributed by atoms with Crippen molar-refractivity contribution >= 4 is 35.3 Å². The van der Waals surface area contributed by atoms with Crippen LogP contribution in [-0.4, -0.2) is 64.3 Å². The summed E-state index contributed by atoms with van der Waals surface area (Å²) in [6, 6.07) is 9.64. The first-order valence-corrected chi connectivity index (χ1v) is 10.0. The minimum absolute atomic E-state index is 0.0895. The fraction of sp³-hybridized carbons (Fsp3) is 0.316. The Labute approximate surface area is 182 Å². The number of thioether (sulfide) groups is 1. The minimum Gasteiger partial charge on any atom is -0.473 e. The molecule has 1 aromatic carbocycles. The van der Waals surface area contributed by atoms with Crippen molar-refractivity contribution in [2.24, 2.45) is 0 Å². The summed E-state index contributed by atoms with van der Waals surface area (Å²) in [6.07, 6.45) is 0. The first-order chi connectivity index (χ1) is 14.6. The molecule has 168 valence electrons. The van der Waals surface area contributed by atoms with Gasteiger partial charge in [-0.25, -0.2) is 9.59 Å². The molecule has 0 saturated heterocycles. The first-order valence-electron chi connectivity index (χ1n) is 8.89. The number of carbonyl (C=O) groups excluding carboxylic acids is 1. The third-order valence-corrected chi connectivity index (χ3v) is 4.45. The van der Waals surface area contributed by atoms with Crippen molar-refractivity contribution in [1.82, 2.24) is 10.2 Å². The quantitative estimate of drug-likeness (QED) is 0.222. The van der Waals surface area contributed by atoms with E-state index in [9.17, 15) is 14.9 Å². The Hall–Kier alpha value is -3.38. The van der Waals surface area contributed by atoms with Gasteiger partial charge in [0.1, 0.15) is 11.5 Å². The fourth-order valence-electron chi connectivity index (χ4n) is 2.17. The Kier molecular flexibility index (Phi) is 10.8. The number of nitro groups is 1. The van der Waals surface area contributed by atoms with Crippen molar-refractivity contribution in [2.75, 3.05) is 26.4 Å². The van der Waals surface area contributed by atoms with Crippen molar-refractivity contribution in [3.8, 4) is 0 Å². The number of nitrogens with one attached hydrogen (secondary N) is 1. The highest BCUT2D eigenvalue weighted by atomic mass is 32.2. The molecule has 0 bridgehead atoms. The van der Waals surface area contributed by atoms with E-state index >= 15 is 0 Å². The highest BCUT2D eigenvalue weighted by Crippen LogP contribution is 2.16. The number of amides is 1. The molecule has 1 heterocycles. The summed E-state index contributed by atoms with van der Waals surface area (Å²) < 4.78 is 5.71. The maximum Gasteiger partial charge on any atom is 0.414 e. The van der Waals surface area contributed by atoms with Crippen LogP contribution < -0.4 is 5.32 Å². The monoisotopic (exact) mass is 453 g/mol. The van der Waals surface area contributed by atoms with Gasteiger partial charge in [0.15, 0.2) is 0 Å². The second-order valence-electron chi connectivity index (χ2n) is 6.33.